The smallest absolute Gasteiger partial charge is 0.257 e. The van der Waals surface area contributed by atoms with Crippen molar-refractivity contribution in [1.29, 1.82) is 0 Å². The van der Waals surface area contributed by atoms with E-state index in [9.17, 15) is 4.79 Å². The molecule has 2 aromatic carbocycles. The quantitative estimate of drug-likeness (QED) is 0.672. The normalized spacial score (nSPS) is 10.7. The van der Waals surface area contributed by atoms with Gasteiger partial charge in [-0.2, -0.15) is 0 Å². The van der Waals surface area contributed by atoms with Crippen molar-refractivity contribution in [3.8, 4) is 5.75 Å². The summed E-state index contributed by atoms with van der Waals surface area (Å²) in [6.07, 6.45) is 1.81. The van der Waals surface area contributed by atoms with Crippen LogP contribution in [0.5, 0.6) is 5.75 Å². The van der Waals surface area contributed by atoms with Gasteiger partial charge in [0.1, 0.15) is 5.75 Å². The van der Waals surface area contributed by atoms with Crippen molar-refractivity contribution in [2.24, 2.45) is 0 Å². The van der Waals surface area contributed by atoms with Crippen LogP contribution >= 0.6 is 0 Å². The van der Waals surface area contributed by atoms with Gasteiger partial charge in [0, 0.05) is 19.6 Å². The van der Waals surface area contributed by atoms with Crippen LogP contribution in [0.2, 0.25) is 0 Å². The van der Waals surface area contributed by atoms with Crippen LogP contribution in [0, 0.1) is 0 Å². The fourth-order valence-corrected chi connectivity index (χ4v) is 2.42. The minimum Gasteiger partial charge on any atom is -0.483 e. The topological polar surface area (TPSA) is 47.6 Å². The maximum Gasteiger partial charge on any atom is 0.257 e. The molecule has 0 saturated carbocycles. The fourth-order valence-electron chi connectivity index (χ4n) is 2.42. The van der Waals surface area contributed by atoms with Gasteiger partial charge in [0.2, 0.25) is 0 Å². The molecule has 0 fully saturated rings. The molecule has 25 heavy (non-hydrogen) atoms. The van der Waals surface area contributed by atoms with Crippen LogP contribution in [0.15, 0.2) is 54.6 Å². The molecule has 0 atom stereocenters. The minimum absolute atomic E-state index is 0.0246. The Balaban J connectivity index is 1.77. The standard InChI is InChI=1S/C21H27NO3/c1-17(2)24-14-8-13-22-21(23)16-25-20-12-7-6-11-19(20)15-18-9-4-3-5-10-18/h3-7,9-12,17H,8,13-16H2,1-2H3,(H,22,23). The molecule has 0 aromatic heterocycles. The monoisotopic (exact) mass is 341 g/mol. The van der Waals surface area contributed by atoms with Crippen molar-refractivity contribution >= 4 is 5.91 Å². The molecule has 0 aliphatic rings. The molecule has 1 amide bonds. The zero-order valence-electron chi connectivity index (χ0n) is 15.0. The number of rotatable bonds is 10. The maximum atomic E-state index is 11.9. The lowest BCUT2D eigenvalue weighted by Gasteiger charge is -2.12. The minimum atomic E-state index is -0.112. The summed E-state index contributed by atoms with van der Waals surface area (Å²) in [5.74, 6) is 0.642. The van der Waals surface area contributed by atoms with Gasteiger partial charge in [-0.05, 0) is 37.5 Å². The predicted octanol–water partition coefficient (Wildman–Crippen LogP) is 3.59. The van der Waals surface area contributed by atoms with Gasteiger partial charge in [0.05, 0.1) is 6.10 Å². The molecule has 0 heterocycles. The SMILES string of the molecule is CC(C)OCCCNC(=O)COc1ccccc1Cc1ccccc1. The second kappa shape index (κ2) is 10.5. The van der Waals surface area contributed by atoms with E-state index in [2.05, 4.69) is 17.4 Å². The van der Waals surface area contributed by atoms with Crippen LogP contribution in [-0.2, 0) is 16.0 Å². The molecule has 0 aliphatic heterocycles. The first kappa shape index (κ1) is 19.0. The molecular weight excluding hydrogens is 314 g/mol. The third-order valence-corrected chi connectivity index (χ3v) is 3.66. The number of carbonyl (C=O) groups excluding carboxylic acids is 1. The Morgan fingerprint density at radius 3 is 2.52 bits per heavy atom. The van der Waals surface area contributed by atoms with E-state index in [0.29, 0.717) is 13.2 Å². The number of hydrogen-bond acceptors (Lipinski definition) is 3. The lowest BCUT2D eigenvalue weighted by Crippen LogP contribution is -2.30. The molecule has 0 saturated heterocycles. The summed E-state index contributed by atoms with van der Waals surface area (Å²) in [6.45, 7) is 5.27. The molecule has 134 valence electrons. The molecule has 4 heteroatoms. The van der Waals surface area contributed by atoms with Gasteiger partial charge < -0.3 is 14.8 Å². The molecule has 0 unspecified atom stereocenters. The number of benzene rings is 2. The lowest BCUT2D eigenvalue weighted by molar-refractivity contribution is -0.123. The van der Waals surface area contributed by atoms with Crippen LogP contribution in [0.3, 0.4) is 0 Å². The first-order valence-corrected chi connectivity index (χ1v) is 8.78. The molecule has 0 aliphatic carbocycles. The Morgan fingerprint density at radius 2 is 1.76 bits per heavy atom. The highest BCUT2D eigenvalue weighted by atomic mass is 16.5. The Morgan fingerprint density at radius 1 is 1.04 bits per heavy atom. The van der Waals surface area contributed by atoms with E-state index in [1.807, 2.05) is 56.3 Å². The molecule has 1 N–H and O–H groups in total. The Bertz CT molecular complexity index is 641. The summed E-state index contributed by atoms with van der Waals surface area (Å²) in [6, 6.07) is 18.1. The van der Waals surface area contributed by atoms with E-state index >= 15 is 0 Å². The molecule has 0 bridgehead atoms. The van der Waals surface area contributed by atoms with E-state index in [1.165, 1.54) is 5.56 Å². The Hall–Kier alpha value is -2.33. The number of carbonyl (C=O) groups is 1. The zero-order valence-corrected chi connectivity index (χ0v) is 15.0. The molecule has 4 nitrogen and oxygen atoms in total. The largest absolute Gasteiger partial charge is 0.483 e. The van der Waals surface area contributed by atoms with E-state index < -0.39 is 0 Å². The average molecular weight is 341 g/mol. The molecule has 0 spiro atoms. The summed E-state index contributed by atoms with van der Waals surface area (Å²) < 4.78 is 11.2. The van der Waals surface area contributed by atoms with Crippen molar-refractivity contribution in [3.05, 3.63) is 65.7 Å². The van der Waals surface area contributed by atoms with E-state index in [1.54, 1.807) is 0 Å². The van der Waals surface area contributed by atoms with E-state index in [0.717, 1.165) is 24.2 Å². The van der Waals surface area contributed by atoms with E-state index in [4.69, 9.17) is 9.47 Å². The van der Waals surface area contributed by atoms with Gasteiger partial charge >= 0.3 is 0 Å². The summed E-state index contributed by atoms with van der Waals surface area (Å²) in [4.78, 5) is 11.9. The van der Waals surface area contributed by atoms with Crippen LogP contribution in [-0.4, -0.2) is 31.8 Å². The summed E-state index contributed by atoms with van der Waals surface area (Å²) in [5, 5.41) is 2.85. The highest BCUT2D eigenvalue weighted by Gasteiger charge is 2.07. The first-order valence-electron chi connectivity index (χ1n) is 8.78. The summed E-state index contributed by atoms with van der Waals surface area (Å²) in [5.41, 5.74) is 2.29. The number of amides is 1. The van der Waals surface area contributed by atoms with Gasteiger partial charge in [0.15, 0.2) is 6.61 Å². The number of nitrogens with one attached hydrogen (secondary N) is 1. The highest BCUT2D eigenvalue weighted by Crippen LogP contribution is 2.21. The molecule has 2 aromatic rings. The lowest BCUT2D eigenvalue weighted by atomic mass is 10.0. The van der Waals surface area contributed by atoms with Gasteiger partial charge in [-0.25, -0.2) is 0 Å². The van der Waals surface area contributed by atoms with E-state index in [-0.39, 0.29) is 18.6 Å². The third kappa shape index (κ3) is 7.40. The number of ether oxygens (including phenoxy) is 2. The van der Waals surface area contributed by atoms with Crippen molar-refractivity contribution in [3.63, 3.8) is 0 Å². The molecule has 0 radical (unpaired) electrons. The predicted molar refractivity (Wildman–Crippen MR) is 99.9 cm³/mol. The number of para-hydroxylation sites is 1. The Labute approximate surface area is 150 Å². The van der Waals surface area contributed by atoms with Crippen molar-refractivity contribution in [2.45, 2.75) is 32.8 Å². The average Bonchev–Trinajstić information content (AvgIpc) is 2.61. The molecule has 2 rings (SSSR count). The zero-order chi connectivity index (χ0) is 17.9. The number of hydrogen-bond donors (Lipinski definition) is 1. The second-order valence-corrected chi connectivity index (χ2v) is 6.18. The van der Waals surface area contributed by atoms with Crippen LogP contribution < -0.4 is 10.1 Å². The fraction of sp³-hybridized carbons (Fsp3) is 0.381. The second-order valence-electron chi connectivity index (χ2n) is 6.18. The molecular formula is C21H27NO3. The van der Waals surface area contributed by atoms with Crippen LogP contribution in [0.1, 0.15) is 31.4 Å². The van der Waals surface area contributed by atoms with Gasteiger partial charge in [-0.3, -0.25) is 4.79 Å². The third-order valence-electron chi connectivity index (χ3n) is 3.66. The van der Waals surface area contributed by atoms with Crippen LogP contribution in [0.4, 0.5) is 0 Å². The van der Waals surface area contributed by atoms with Crippen molar-refractivity contribution in [1.82, 2.24) is 5.32 Å². The Kier molecular flexibility index (Phi) is 7.99. The van der Waals surface area contributed by atoms with Crippen molar-refractivity contribution in [2.75, 3.05) is 19.8 Å². The van der Waals surface area contributed by atoms with Crippen LogP contribution in [0.25, 0.3) is 0 Å². The van der Waals surface area contributed by atoms with Gasteiger partial charge in [-0.15, -0.1) is 0 Å². The van der Waals surface area contributed by atoms with Gasteiger partial charge in [-0.1, -0.05) is 48.5 Å². The van der Waals surface area contributed by atoms with Crippen molar-refractivity contribution < 1.29 is 14.3 Å². The van der Waals surface area contributed by atoms with Gasteiger partial charge in [0.25, 0.3) is 5.91 Å². The summed E-state index contributed by atoms with van der Waals surface area (Å²) >= 11 is 0. The first-order chi connectivity index (χ1) is 12.1. The maximum absolute atomic E-state index is 11.9. The highest BCUT2D eigenvalue weighted by molar-refractivity contribution is 5.77. The summed E-state index contributed by atoms with van der Waals surface area (Å²) in [7, 11) is 0.